The fraction of sp³-hybridized carbons (Fsp3) is 0.529. The Kier molecular flexibility index (Phi) is 6.31. The summed E-state index contributed by atoms with van der Waals surface area (Å²) in [5.74, 6) is -0.734. The zero-order valence-electron chi connectivity index (χ0n) is 24.3. The number of benzene rings is 2. The van der Waals surface area contributed by atoms with Crippen molar-refractivity contribution in [1.29, 1.82) is 0 Å². The zero-order chi connectivity index (χ0) is 28.6. The molecule has 3 fully saturated rings. The average molecular weight is 558 g/mol. The molecule has 3 heterocycles. The smallest absolute Gasteiger partial charge is 0.335 e. The molecule has 2 aliphatic heterocycles. The van der Waals surface area contributed by atoms with E-state index in [1.54, 1.807) is 24.3 Å². The molecule has 6 nitrogen and oxygen atoms in total. The molecule has 4 aliphatic rings. The number of aromatic carboxylic acids is 1. The Morgan fingerprint density at radius 1 is 1.05 bits per heavy atom. The van der Waals surface area contributed by atoms with E-state index in [2.05, 4.69) is 35.4 Å². The predicted octanol–water partition coefficient (Wildman–Crippen LogP) is 6.62. The van der Waals surface area contributed by atoms with Crippen molar-refractivity contribution >= 4 is 22.8 Å². The van der Waals surface area contributed by atoms with Gasteiger partial charge in [-0.1, -0.05) is 25.3 Å². The highest BCUT2D eigenvalue weighted by molar-refractivity contribution is 6.00. The van der Waals surface area contributed by atoms with Crippen LogP contribution in [0.15, 0.2) is 36.4 Å². The van der Waals surface area contributed by atoms with Crippen molar-refractivity contribution in [2.24, 2.45) is 5.41 Å². The molecule has 216 valence electrons. The highest BCUT2D eigenvalue weighted by Crippen LogP contribution is 2.66. The van der Waals surface area contributed by atoms with Gasteiger partial charge >= 0.3 is 5.97 Å². The Balaban J connectivity index is 1.45. The normalized spacial score (nSPS) is 27.4. The Labute approximate surface area is 241 Å². The number of carboxylic acids is 1. The first-order valence-electron chi connectivity index (χ1n) is 15.4. The molecular weight excluding hydrogens is 517 g/mol. The van der Waals surface area contributed by atoms with Crippen LogP contribution in [0.1, 0.15) is 91.6 Å². The SMILES string of the molecule is CC1CCC(CN(C)C)N1C(=O)C12CC1c1cc(F)ccc1-c1c(C3CCCCC3)c3ccc(C(=O)O)cc3n1C2. The summed E-state index contributed by atoms with van der Waals surface area (Å²) < 4.78 is 17.2. The molecule has 1 aromatic heterocycles. The Morgan fingerprint density at radius 3 is 2.56 bits per heavy atom. The summed E-state index contributed by atoms with van der Waals surface area (Å²) >= 11 is 0. The van der Waals surface area contributed by atoms with Crippen molar-refractivity contribution in [3.63, 3.8) is 0 Å². The molecule has 4 atom stereocenters. The lowest BCUT2D eigenvalue weighted by Crippen LogP contribution is -2.48. The van der Waals surface area contributed by atoms with Gasteiger partial charge in [0.05, 0.1) is 16.7 Å². The lowest BCUT2D eigenvalue weighted by Gasteiger charge is -2.34. The van der Waals surface area contributed by atoms with Crippen molar-refractivity contribution in [2.45, 2.75) is 88.8 Å². The summed E-state index contributed by atoms with van der Waals surface area (Å²) in [6, 6.07) is 10.9. The number of carbonyl (C=O) groups excluding carboxylic acids is 1. The third-order valence-electron chi connectivity index (χ3n) is 10.5. The number of fused-ring (bicyclic) bond motifs is 7. The van der Waals surface area contributed by atoms with Crippen LogP contribution in [0.5, 0.6) is 0 Å². The van der Waals surface area contributed by atoms with E-state index in [1.165, 1.54) is 24.8 Å². The van der Waals surface area contributed by atoms with E-state index in [-0.39, 0.29) is 35.3 Å². The molecular formula is C34H40FN3O3. The number of amides is 1. The lowest BCUT2D eigenvalue weighted by atomic mass is 9.81. The van der Waals surface area contributed by atoms with Crippen LogP contribution in [0.2, 0.25) is 0 Å². The first kappa shape index (κ1) is 26.7. The van der Waals surface area contributed by atoms with Crippen molar-refractivity contribution in [1.82, 2.24) is 14.4 Å². The second-order valence-electron chi connectivity index (χ2n) is 13.4. The minimum absolute atomic E-state index is 0.0506. The summed E-state index contributed by atoms with van der Waals surface area (Å²) in [6.07, 6.45) is 8.43. The predicted molar refractivity (Wildman–Crippen MR) is 158 cm³/mol. The van der Waals surface area contributed by atoms with E-state index < -0.39 is 11.4 Å². The van der Waals surface area contributed by atoms with Crippen LogP contribution in [0, 0.1) is 11.2 Å². The third kappa shape index (κ3) is 4.14. The quantitative estimate of drug-likeness (QED) is 0.383. The van der Waals surface area contributed by atoms with Crippen LogP contribution in [-0.4, -0.2) is 64.1 Å². The van der Waals surface area contributed by atoms with E-state index >= 15 is 0 Å². The average Bonchev–Trinajstić information content (AvgIpc) is 3.49. The van der Waals surface area contributed by atoms with Crippen LogP contribution >= 0.6 is 0 Å². The second kappa shape index (κ2) is 9.69. The number of nitrogens with zero attached hydrogens (tertiary/aromatic N) is 3. The summed E-state index contributed by atoms with van der Waals surface area (Å²) in [5, 5.41) is 11.0. The van der Waals surface area contributed by atoms with Crippen LogP contribution in [0.3, 0.4) is 0 Å². The zero-order valence-corrected chi connectivity index (χ0v) is 24.3. The molecule has 2 saturated carbocycles. The summed E-state index contributed by atoms with van der Waals surface area (Å²) in [6.45, 7) is 3.47. The fourth-order valence-electron chi connectivity index (χ4n) is 8.58. The Morgan fingerprint density at radius 2 is 1.83 bits per heavy atom. The second-order valence-corrected chi connectivity index (χ2v) is 13.4. The minimum Gasteiger partial charge on any atom is -0.478 e. The van der Waals surface area contributed by atoms with Crippen molar-refractivity contribution in [3.05, 3.63) is 58.9 Å². The molecule has 1 N–H and O–H groups in total. The summed E-state index contributed by atoms with van der Waals surface area (Å²) in [5.41, 5.74) is 4.75. The number of likely N-dealkylation sites (tertiary alicyclic amines) is 1. The molecule has 7 rings (SSSR count). The van der Waals surface area contributed by atoms with Gasteiger partial charge in [0.1, 0.15) is 5.82 Å². The highest BCUT2D eigenvalue weighted by atomic mass is 19.1. The minimum atomic E-state index is -0.953. The maximum atomic E-state index is 14.9. The Bertz CT molecular complexity index is 1550. The number of hydrogen-bond donors (Lipinski definition) is 1. The standard InChI is InChI=1S/C34H40FN3O3/c1-20-9-12-24(18-36(2)3)38(20)33(41)34-17-28(34)27-16-23(35)11-14-25(27)31-30(21-7-5-4-6-8-21)26-13-10-22(32(39)40)15-29(26)37(31)19-34/h10-11,13-16,20-21,24,28H,4-9,12,17-19H2,1-3H3,(H,39,40). The van der Waals surface area contributed by atoms with Crippen LogP contribution in [-0.2, 0) is 11.3 Å². The topological polar surface area (TPSA) is 65.8 Å². The first-order valence-corrected chi connectivity index (χ1v) is 15.4. The summed E-state index contributed by atoms with van der Waals surface area (Å²) in [7, 11) is 4.11. The molecule has 1 amide bonds. The number of carbonyl (C=O) groups is 2. The van der Waals surface area contributed by atoms with Gasteiger partial charge in [-0.05, 0) is 100 Å². The van der Waals surface area contributed by atoms with E-state index in [0.29, 0.717) is 18.9 Å². The van der Waals surface area contributed by atoms with E-state index in [4.69, 9.17) is 0 Å². The number of halogens is 1. The van der Waals surface area contributed by atoms with Gasteiger partial charge in [-0.25, -0.2) is 9.18 Å². The molecule has 41 heavy (non-hydrogen) atoms. The molecule has 1 saturated heterocycles. The number of hydrogen-bond acceptors (Lipinski definition) is 3. The molecule has 2 aromatic carbocycles. The molecule has 2 aliphatic carbocycles. The van der Waals surface area contributed by atoms with Gasteiger partial charge in [-0.3, -0.25) is 4.79 Å². The van der Waals surface area contributed by atoms with E-state index in [9.17, 15) is 19.1 Å². The van der Waals surface area contributed by atoms with Crippen molar-refractivity contribution in [2.75, 3.05) is 20.6 Å². The molecule has 7 heteroatoms. The van der Waals surface area contributed by atoms with Crippen LogP contribution < -0.4 is 0 Å². The fourth-order valence-corrected chi connectivity index (χ4v) is 8.58. The van der Waals surface area contributed by atoms with Gasteiger partial charge in [0.2, 0.25) is 5.91 Å². The maximum absolute atomic E-state index is 14.9. The van der Waals surface area contributed by atoms with E-state index in [0.717, 1.165) is 60.0 Å². The van der Waals surface area contributed by atoms with Gasteiger partial charge in [-0.15, -0.1) is 0 Å². The van der Waals surface area contributed by atoms with E-state index in [1.807, 2.05) is 12.1 Å². The number of carboxylic acid groups (broad SMARTS) is 1. The summed E-state index contributed by atoms with van der Waals surface area (Å²) in [4.78, 5) is 31.1. The maximum Gasteiger partial charge on any atom is 0.335 e. The molecule has 0 bridgehead atoms. The van der Waals surface area contributed by atoms with Gasteiger partial charge < -0.3 is 19.5 Å². The molecule has 3 aromatic rings. The van der Waals surface area contributed by atoms with Gasteiger partial charge in [0, 0.05) is 47.6 Å². The van der Waals surface area contributed by atoms with Gasteiger partial charge in [0.15, 0.2) is 0 Å². The molecule has 0 spiro atoms. The first-order chi connectivity index (χ1) is 19.7. The molecule has 4 unspecified atom stereocenters. The number of likely N-dealkylation sites (N-methyl/N-ethyl adjacent to an activating group) is 1. The van der Waals surface area contributed by atoms with Crippen molar-refractivity contribution < 1.29 is 19.1 Å². The lowest BCUT2D eigenvalue weighted by molar-refractivity contribution is -0.140. The largest absolute Gasteiger partial charge is 0.478 e. The highest BCUT2D eigenvalue weighted by Gasteiger charge is 2.65. The van der Waals surface area contributed by atoms with Crippen LogP contribution in [0.25, 0.3) is 22.2 Å². The van der Waals surface area contributed by atoms with Gasteiger partial charge in [-0.2, -0.15) is 0 Å². The molecule has 0 radical (unpaired) electrons. The number of rotatable bonds is 5. The van der Waals surface area contributed by atoms with Gasteiger partial charge in [0.25, 0.3) is 0 Å². The number of aromatic nitrogens is 1. The van der Waals surface area contributed by atoms with Crippen molar-refractivity contribution in [3.8, 4) is 11.3 Å². The third-order valence-corrected chi connectivity index (χ3v) is 10.5. The monoisotopic (exact) mass is 557 g/mol. The Hall–Kier alpha value is -3.19. The van der Waals surface area contributed by atoms with Crippen LogP contribution in [0.4, 0.5) is 4.39 Å².